The number of benzene rings is 1. The molecule has 1 aromatic rings. The van der Waals surface area contributed by atoms with Crippen molar-refractivity contribution in [3.63, 3.8) is 0 Å². The summed E-state index contributed by atoms with van der Waals surface area (Å²) in [5, 5.41) is 3.03. The van der Waals surface area contributed by atoms with Gasteiger partial charge in [0.15, 0.2) is 0 Å². The van der Waals surface area contributed by atoms with Gasteiger partial charge >= 0.3 is 0 Å². The zero-order valence-electron chi connectivity index (χ0n) is 13.9. The highest BCUT2D eigenvalue weighted by atomic mass is 19.1. The highest BCUT2D eigenvalue weighted by Gasteiger charge is 2.31. The summed E-state index contributed by atoms with van der Waals surface area (Å²) in [6.45, 7) is 7.33. The Hall–Kier alpha value is -1.42. The summed E-state index contributed by atoms with van der Waals surface area (Å²) in [6.07, 6.45) is 2.34. The van der Waals surface area contributed by atoms with Crippen LogP contribution in [0.25, 0.3) is 0 Å². The quantitative estimate of drug-likeness (QED) is 0.875. The van der Waals surface area contributed by atoms with Crippen LogP contribution in [-0.2, 0) is 11.3 Å². The Morgan fingerprint density at radius 1 is 1.41 bits per heavy atom. The van der Waals surface area contributed by atoms with Gasteiger partial charge in [0, 0.05) is 13.1 Å². The second-order valence-corrected chi connectivity index (χ2v) is 6.81. The Morgan fingerprint density at radius 3 is 2.82 bits per heavy atom. The van der Waals surface area contributed by atoms with Crippen molar-refractivity contribution in [2.75, 3.05) is 13.1 Å². The van der Waals surface area contributed by atoms with E-state index in [0.717, 1.165) is 24.9 Å². The molecular formula is C18H27FN2O. The molecule has 0 aliphatic carbocycles. The van der Waals surface area contributed by atoms with E-state index < -0.39 is 5.67 Å². The average molecular weight is 306 g/mol. The number of hydrogen-bond acceptors (Lipinski definition) is 2. The fourth-order valence-electron chi connectivity index (χ4n) is 2.91. The molecule has 1 amide bonds. The highest BCUT2D eigenvalue weighted by Crippen LogP contribution is 2.21. The summed E-state index contributed by atoms with van der Waals surface area (Å²) in [5.41, 5.74) is 1.15. The van der Waals surface area contributed by atoms with Gasteiger partial charge in [0.2, 0.25) is 5.91 Å². The minimum absolute atomic E-state index is 0.0671. The molecule has 0 spiro atoms. The Kier molecular flexibility index (Phi) is 5.57. The van der Waals surface area contributed by atoms with E-state index in [-0.39, 0.29) is 11.9 Å². The summed E-state index contributed by atoms with van der Waals surface area (Å²) in [5.74, 6) is 0.0671. The smallest absolute Gasteiger partial charge is 0.237 e. The van der Waals surface area contributed by atoms with Crippen LogP contribution in [0.15, 0.2) is 24.3 Å². The number of aryl methyl sites for hydroxylation is 1. The molecule has 0 bridgehead atoms. The molecule has 1 aromatic carbocycles. The van der Waals surface area contributed by atoms with Gasteiger partial charge in [-0.25, -0.2) is 4.39 Å². The first-order chi connectivity index (χ1) is 10.4. The van der Waals surface area contributed by atoms with Crippen LogP contribution in [0.3, 0.4) is 0 Å². The molecule has 1 heterocycles. The number of amides is 1. The number of carbonyl (C=O) groups excluding carboxylic acids is 1. The van der Waals surface area contributed by atoms with Crippen LogP contribution in [-0.4, -0.2) is 35.6 Å². The minimum Gasteiger partial charge on any atom is -0.351 e. The van der Waals surface area contributed by atoms with Crippen LogP contribution in [0.1, 0.15) is 44.2 Å². The lowest BCUT2D eigenvalue weighted by atomic mass is 10.1. The number of rotatable bonds is 6. The average Bonchev–Trinajstić information content (AvgIpc) is 2.92. The minimum atomic E-state index is -1.18. The highest BCUT2D eigenvalue weighted by molar-refractivity contribution is 5.82. The predicted molar refractivity (Wildman–Crippen MR) is 87.4 cm³/mol. The first kappa shape index (κ1) is 16.9. The van der Waals surface area contributed by atoms with E-state index >= 15 is 0 Å². The third-order valence-corrected chi connectivity index (χ3v) is 4.37. The third-order valence-electron chi connectivity index (χ3n) is 4.37. The number of nitrogens with one attached hydrogen (secondary N) is 1. The summed E-state index contributed by atoms with van der Waals surface area (Å²) in [7, 11) is 0. The molecule has 2 rings (SSSR count). The summed E-state index contributed by atoms with van der Waals surface area (Å²) in [4.78, 5) is 14.5. The van der Waals surface area contributed by atoms with E-state index in [2.05, 4.69) is 10.2 Å². The van der Waals surface area contributed by atoms with Gasteiger partial charge in [-0.1, -0.05) is 24.3 Å². The van der Waals surface area contributed by atoms with E-state index in [1.165, 1.54) is 5.56 Å². The topological polar surface area (TPSA) is 32.3 Å². The van der Waals surface area contributed by atoms with Gasteiger partial charge in [-0.15, -0.1) is 0 Å². The van der Waals surface area contributed by atoms with Crippen LogP contribution in [0.2, 0.25) is 0 Å². The van der Waals surface area contributed by atoms with Crippen molar-refractivity contribution in [3.05, 3.63) is 35.4 Å². The molecule has 1 N–H and O–H groups in total. The molecule has 0 radical (unpaired) electrons. The van der Waals surface area contributed by atoms with E-state index in [9.17, 15) is 9.18 Å². The first-order valence-electron chi connectivity index (χ1n) is 8.12. The molecule has 1 atom stereocenters. The molecule has 1 fully saturated rings. The van der Waals surface area contributed by atoms with Gasteiger partial charge in [0.05, 0.1) is 6.04 Å². The van der Waals surface area contributed by atoms with Gasteiger partial charge in [-0.3, -0.25) is 9.69 Å². The maximum atomic E-state index is 13.7. The Balaban J connectivity index is 1.87. The lowest BCUT2D eigenvalue weighted by molar-refractivity contribution is -0.125. The zero-order chi connectivity index (χ0) is 16.2. The lowest BCUT2D eigenvalue weighted by Gasteiger charge is -2.26. The summed E-state index contributed by atoms with van der Waals surface area (Å²) < 4.78 is 13.7. The maximum Gasteiger partial charge on any atom is 0.237 e. The van der Waals surface area contributed by atoms with Crippen molar-refractivity contribution in [2.24, 2.45) is 0 Å². The normalized spacial score (nSPS) is 19.4. The molecule has 3 nitrogen and oxygen atoms in total. The second-order valence-electron chi connectivity index (χ2n) is 6.81. The van der Waals surface area contributed by atoms with Gasteiger partial charge in [-0.05, 0) is 57.7 Å². The van der Waals surface area contributed by atoms with Crippen LogP contribution in [0.5, 0.6) is 0 Å². The molecule has 0 aromatic heterocycles. The van der Waals surface area contributed by atoms with Crippen LogP contribution >= 0.6 is 0 Å². The van der Waals surface area contributed by atoms with Crippen LogP contribution in [0.4, 0.5) is 4.39 Å². The van der Waals surface area contributed by atoms with E-state index in [1.54, 1.807) is 13.8 Å². The predicted octanol–water partition coefficient (Wildman–Crippen LogP) is 3.21. The van der Waals surface area contributed by atoms with E-state index in [0.29, 0.717) is 19.5 Å². The number of likely N-dealkylation sites (tertiary alicyclic amines) is 1. The monoisotopic (exact) mass is 306 g/mol. The number of alkyl halides is 1. The molecule has 1 saturated heterocycles. The number of carbonyl (C=O) groups is 1. The summed E-state index contributed by atoms with van der Waals surface area (Å²) in [6, 6.07) is 7.96. The number of nitrogens with zero attached hydrogens (tertiary/aromatic N) is 1. The third kappa shape index (κ3) is 4.80. The number of hydrogen-bond donors (Lipinski definition) is 1. The molecule has 4 heteroatoms. The zero-order valence-corrected chi connectivity index (χ0v) is 13.9. The largest absolute Gasteiger partial charge is 0.351 e. The fraction of sp³-hybridized carbons (Fsp3) is 0.611. The van der Waals surface area contributed by atoms with Crippen molar-refractivity contribution >= 4 is 5.91 Å². The van der Waals surface area contributed by atoms with Gasteiger partial charge in [-0.2, -0.15) is 0 Å². The Labute approximate surface area is 132 Å². The van der Waals surface area contributed by atoms with Crippen molar-refractivity contribution in [1.82, 2.24) is 10.2 Å². The maximum absolute atomic E-state index is 13.7. The lowest BCUT2D eigenvalue weighted by Crippen LogP contribution is -2.44. The fourth-order valence-corrected chi connectivity index (χ4v) is 2.91. The Bertz CT molecular complexity index is 510. The molecule has 122 valence electrons. The van der Waals surface area contributed by atoms with Gasteiger partial charge in [0.25, 0.3) is 0 Å². The van der Waals surface area contributed by atoms with E-state index in [4.69, 9.17) is 0 Å². The van der Waals surface area contributed by atoms with Gasteiger partial charge < -0.3 is 5.32 Å². The van der Waals surface area contributed by atoms with Gasteiger partial charge in [0.1, 0.15) is 5.67 Å². The molecule has 22 heavy (non-hydrogen) atoms. The molecule has 0 unspecified atom stereocenters. The molecule has 1 aliphatic heterocycles. The van der Waals surface area contributed by atoms with Crippen molar-refractivity contribution in [1.29, 1.82) is 0 Å². The van der Waals surface area contributed by atoms with Crippen molar-refractivity contribution < 1.29 is 9.18 Å². The van der Waals surface area contributed by atoms with Crippen molar-refractivity contribution in [2.45, 2.75) is 58.3 Å². The molecule has 1 aliphatic rings. The number of halogens is 1. The van der Waals surface area contributed by atoms with Crippen LogP contribution in [0, 0.1) is 6.92 Å². The van der Waals surface area contributed by atoms with Crippen molar-refractivity contribution in [3.8, 4) is 0 Å². The van der Waals surface area contributed by atoms with E-state index in [1.807, 2.05) is 31.2 Å². The Morgan fingerprint density at radius 2 is 2.14 bits per heavy atom. The first-order valence-corrected chi connectivity index (χ1v) is 8.12. The standard InChI is InChI=1S/C18H27FN2O/c1-14-7-4-5-8-15(14)13-20-17(22)16-9-6-11-21(16)12-10-18(2,3)19/h4-5,7-8,16H,6,9-13H2,1-3H3,(H,20,22)/t16-/m1/s1. The van der Waals surface area contributed by atoms with Crippen LogP contribution < -0.4 is 5.32 Å². The summed E-state index contributed by atoms with van der Waals surface area (Å²) >= 11 is 0. The SMILES string of the molecule is Cc1ccccc1CNC(=O)[C@H]1CCCN1CCC(C)(C)F. The molecule has 0 saturated carbocycles. The second kappa shape index (κ2) is 7.23. The molecular weight excluding hydrogens is 279 g/mol.